The molecule has 3 rings (SSSR count). The van der Waals surface area contributed by atoms with Crippen LogP contribution in [0.2, 0.25) is 0 Å². The largest absolute Gasteiger partial charge is 0.459 e. The zero-order valence-corrected chi connectivity index (χ0v) is 33.3. The maximum absolute atomic E-state index is 14.1. The molecule has 13 nitrogen and oxygen atoms in total. The number of hydrogen-bond donors (Lipinski definition) is 5. The van der Waals surface area contributed by atoms with E-state index >= 15 is 0 Å². The summed E-state index contributed by atoms with van der Waals surface area (Å²) in [7, 11) is 1.50. The lowest BCUT2D eigenvalue weighted by molar-refractivity contribution is -0.308. The summed E-state index contributed by atoms with van der Waals surface area (Å²) in [6.45, 7) is 21.0. The van der Waals surface area contributed by atoms with E-state index in [4.69, 9.17) is 28.4 Å². The zero-order valence-electron chi connectivity index (χ0n) is 33.3. The van der Waals surface area contributed by atoms with E-state index in [1.165, 1.54) is 21.0 Å². The van der Waals surface area contributed by atoms with Gasteiger partial charge in [0.1, 0.15) is 23.6 Å². The van der Waals surface area contributed by atoms with Gasteiger partial charge in [-0.1, -0.05) is 41.5 Å². The summed E-state index contributed by atoms with van der Waals surface area (Å²) in [5, 5.41) is 49.8. The van der Waals surface area contributed by atoms with E-state index in [9.17, 15) is 30.0 Å². The minimum atomic E-state index is -1.97. The van der Waals surface area contributed by atoms with E-state index in [0.29, 0.717) is 6.42 Å². The third kappa shape index (κ3) is 10.3. The summed E-state index contributed by atoms with van der Waals surface area (Å²) in [5.74, 6) is -4.59. The number of cyclic esters (lactones) is 1. The molecule has 13 heteroatoms. The highest BCUT2D eigenvalue weighted by Crippen LogP contribution is 2.40. The Labute approximate surface area is 305 Å². The molecular weight excluding hydrogens is 662 g/mol. The standard InChI is InChI=1S/C38H69NO12/c1-14-27-38(12,45)32(41)22(6)30(40)20(4)17-36(10,44)34(51-28-16-26(39-19(2)3)15-21(5)47-28)23(7)31(24(8)35(43)49-27)50-29-18-37(11,46-13)33(42)25(9)48-29/h19-29,31-34,39,41-42,44-45H,14-18H2,1-13H3/t20-,21?,22+,23+,24-,25?,26?,27-,28-,29?,31+,32-,33?,34-,36+,37?,38-/m1/s1. The molecule has 6 unspecified atom stereocenters. The number of rotatable bonds is 8. The minimum absolute atomic E-state index is 0.0519. The Morgan fingerprint density at radius 3 is 2.08 bits per heavy atom. The molecule has 0 saturated carbocycles. The van der Waals surface area contributed by atoms with Crippen molar-refractivity contribution in [3.8, 4) is 0 Å². The lowest BCUT2D eigenvalue weighted by Crippen LogP contribution is -2.60. The summed E-state index contributed by atoms with van der Waals surface area (Å²) in [6, 6.07) is 0.323. The first kappa shape index (κ1) is 44.1. The van der Waals surface area contributed by atoms with Crippen LogP contribution in [-0.4, -0.2) is 123 Å². The Morgan fingerprint density at radius 2 is 1.51 bits per heavy atom. The van der Waals surface area contributed by atoms with Crippen LogP contribution in [0.4, 0.5) is 0 Å². The van der Waals surface area contributed by atoms with Crippen LogP contribution < -0.4 is 5.32 Å². The molecule has 3 heterocycles. The Kier molecular flexibility index (Phi) is 15.1. The molecule has 3 aliphatic rings. The number of aliphatic hydroxyl groups excluding tert-OH is 2. The predicted octanol–water partition coefficient (Wildman–Crippen LogP) is 3.25. The van der Waals surface area contributed by atoms with Crippen LogP contribution in [0.15, 0.2) is 0 Å². The van der Waals surface area contributed by atoms with Gasteiger partial charge in [-0.2, -0.15) is 0 Å². The second-order valence-corrected chi connectivity index (χ2v) is 16.8. The summed E-state index contributed by atoms with van der Waals surface area (Å²) >= 11 is 0. The fraction of sp³-hybridized carbons (Fsp3) is 0.947. The topological polar surface area (TPSA) is 182 Å². The van der Waals surface area contributed by atoms with Crippen molar-refractivity contribution in [2.75, 3.05) is 7.11 Å². The van der Waals surface area contributed by atoms with Crippen LogP contribution in [0.1, 0.15) is 115 Å². The van der Waals surface area contributed by atoms with Crippen molar-refractivity contribution >= 4 is 11.8 Å². The third-order valence-corrected chi connectivity index (χ3v) is 11.6. The van der Waals surface area contributed by atoms with Gasteiger partial charge < -0.3 is 54.2 Å². The number of ether oxygens (including phenoxy) is 6. The molecule has 3 saturated heterocycles. The lowest BCUT2D eigenvalue weighted by atomic mass is 9.74. The molecule has 298 valence electrons. The molecule has 0 aliphatic carbocycles. The SMILES string of the molecule is CC[C@H]1OC(=O)[C@H](C)[C@@H](OC2CC(C)(OC)C(O)C(C)O2)[C@H](C)[C@@H](O[C@@H]2CC(NC(C)C)CC(C)O2)[C@@](C)(O)C[C@@H](C)C(=O)[C@H](C)[C@@H](O)[C@]1(C)O. The summed E-state index contributed by atoms with van der Waals surface area (Å²) in [4.78, 5) is 27.9. The fourth-order valence-electron chi connectivity index (χ4n) is 8.57. The van der Waals surface area contributed by atoms with Crippen LogP contribution in [0, 0.1) is 23.7 Å². The third-order valence-electron chi connectivity index (χ3n) is 11.6. The first-order valence-electron chi connectivity index (χ1n) is 19.0. The van der Waals surface area contributed by atoms with E-state index in [2.05, 4.69) is 19.2 Å². The Bertz CT molecular complexity index is 1150. The number of methoxy groups -OCH3 is 1. The van der Waals surface area contributed by atoms with Crippen molar-refractivity contribution < 1.29 is 58.4 Å². The summed E-state index contributed by atoms with van der Waals surface area (Å²) in [5.41, 5.74) is -4.66. The highest BCUT2D eigenvalue weighted by atomic mass is 16.7. The number of aliphatic hydroxyl groups is 4. The quantitative estimate of drug-likeness (QED) is 0.230. The maximum Gasteiger partial charge on any atom is 0.311 e. The van der Waals surface area contributed by atoms with Crippen molar-refractivity contribution in [1.29, 1.82) is 0 Å². The average molecular weight is 732 g/mol. The van der Waals surface area contributed by atoms with Gasteiger partial charge in [0.2, 0.25) is 0 Å². The van der Waals surface area contributed by atoms with Gasteiger partial charge in [-0.3, -0.25) is 9.59 Å². The fourth-order valence-corrected chi connectivity index (χ4v) is 8.57. The molecule has 0 radical (unpaired) electrons. The van der Waals surface area contributed by atoms with Crippen molar-refractivity contribution in [2.24, 2.45) is 23.7 Å². The molecule has 0 aromatic rings. The van der Waals surface area contributed by atoms with Gasteiger partial charge in [-0.05, 0) is 60.8 Å². The second-order valence-electron chi connectivity index (χ2n) is 16.8. The molecule has 5 N–H and O–H groups in total. The van der Waals surface area contributed by atoms with Crippen molar-refractivity contribution in [1.82, 2.24) is 5.32 Å². The molecule has 51 heavy (non-hydrogen) atoms. The van der Waals surface area contributed by atoms with Crippen molar-refractivity contribution in [3.63, 3.8) is 0 Å². The van der Waals surface area contributed by atoms with Gasteiger partial charge in [0.25, 0.3) is 0 Å². The predicted molar refractivity (Wildman–Crippen MR) is 189 cm³/mol. The van der Waals surface area contributed by atoms with E-state index in [1.807, 2.05) is 13.8 Å². The number of carbonyl (C=O) groups excluding carboxylic acids is 2. The van der Waals surface area contributed by atoms with Gasteiger partial charge in [-0.15, -0.1) is 0 Å². The number of hydrogen-bond acceptors (Lipinski definition) is 13. The van der Waals surface area contributed by atoms with E-state index in [1.54, 1.807) is 41.5 Å². The Hall–Kier alpha value is -1.26. The van der Waals surface area contributed by atoms with Gasteiger partial charge in [0.05, 0.1) is 47.6 Å². The van der Waals surface area contributed by atoms with Crippen LogP contribution in [0.25, 0.3) is 0 Å². The number of carbonyl (C=O) groups is 2. The Morgan fingerprint density at radius 1 is 0.882 bits per heavy atom. The summed E-state index contributed by atoms with van der Waals surface area (Å²) < 4.78 is 37.5. The highest BCUT2D eigenvalue weighted by molar-refractivity contribution is 5.83. The zero-order chi connectivity index (χ0) is 38.8. The van der Waals surface area contributed by atoms with Gasteiger partial charge >= 0.3 is 5.97 Å². The average Bonchev–Trinajstić information content (AvgIpc) is 3.04. The number of nitrogens with one attached hydrogen (secondary N) is 1. The first-order chi connectivity index (χ1) is 23.5. The van der Waals surface area contributed by atoms with Gasteiger partial charge in [0, 0.05) is 49.8 Å². The molecule has 0 spiro atoms. The van der Waals surface area contributed by atoms with Crippen molar-refractivity contribution in [2.45, 2.75) is 199 Å². The molecule has 0 amide bonds. The van der Waals surface area contributed by atoms with E-state index in [-0.39, 0.29) is 43.2 Å². The molecule has 0 bridgehead atoms. The normalized spacial score (nSPS) is 48.3. The van der Waals surface area contributed by atoms with Crippen LogP contribution in [-0.2, 0) is 38.0 Å². The van der Waals surface area contributed by atoms with E-state index in [0.717, 1.165) is 6.42 Å². The van der Waals surface area contributed by atoms with Crippen LogP contribution in [0.3, 0.4) is 0 Å². The first-order valence-corrected chi connectivity index (χ1v) is 19.0. The van der Waals surface area contributed by atoms with Crippen molar-refractivity contribution in [3.05, 3.63) is 0 Å². The summed E-state index contributed by atoms with van der Waals surface area (Å²) in [6.07, 6.45) is -6.64. The second kappa shape index (κ2) is 17.5. The molecule has 3 fully saturated rings. The van der Waals surface area contributed by atoms with Crippen LogP contribution in [0.5, 0.6) is 0 Å². The monoisotopic (exact) mass is 731 g/mol. The number of ketones is 1. The van der Waals surface area contributed by atoms with Crippen LogP contribution >= 0.6 is 0 Å². The Balaban J connectivity index is 2.14. The highest BCUT2D eigenvalue weighted by Gasteiger charge is 2.52. The molecular formula is C38H69NO12. The molecule has 0 aromatic heterocycles. The number of Topliss-reactive ketones (excluding diaryl/α,β-unsaturated/α-hetero) is 1. The molecule has 3 aliphatic heterocycles. The molecule has 0 aromatic carbocycles. The minimum Gasteiger partial charge on any atom is -0.459 e. The maximum atomic E-state index is 14.1. The number of esters is 1. The van der Waals surface area contributed by atoms with E-state index < -0.39 is 95.6 Å². The molecule has 17 atom stereocenters. The van der Waals surface area contributed by atoms with Gasteiger partial charge in [0.15, 0.2) is 12.6 Å². The van der Waals surface area contributed by atoms with Gasteiger partial charge in [-0.25, -0.2) is 0 Å². The smallest absolute Gasteiger partial charge is 0.311 e. The lowest BCUT2D eigenvalue weighted by Gasteiger charge is -2.48.